The minimum Gasteiger partial charge on any atom is -0.319 e. The Morgan fingerprint density at radius 3 is 2.67 bits per heavy atom. The topological polar surface area (TPSA) is 38.9 Å². The van der Waals surface area contributed by atoms with E-state index in [9.17, 15) is 4.39 Å². The first kappa shape index (κ1) is 14.0. The fourth-order valence-electron chi connectivity index (χ4n) is 2.45. The van der Waals surface area contributed by atoms with Crippen LogP contribution in [0.1, 0.15) is 22.9 Å². The highest BCUT2D eigenvalue weighted by Crippen LogP contribution is 2.26. The fourth-order valence-corrected chi connectivity index (χ4v) is 2.61. The van der Waals surface area contributed by atoms with E-state index < -0.39 is 11.9 Å². The van der Waals surface area contributed by atoms with Gasteiger partial charge in [-0.2, -0.15) is 0 Å². The van der Waals surface area contributed by atoms with E-state index in [-0.39, 0.29) is 0 Å². The van der Waals surface area contributed by atoms with Gasteiger partial charge in [-0.05, 0) is 36.8 Å². The molecule has 1 atom stereocenters. The largest absolute Gasteiger partial charge is 0.319 e. The Kier molecular flexibility index (Phi) is 3.62. The number of hydrogen-bond donors (Lipinski definition) is 1. The maximum absolute atomic E-state index is 14.0. The molecule has 2 aromatic carbocycles. The van der Waals surface area contributed by atoms with Crippen LogP contribution in [-0.2, 0) is 0 Å². The fraction of sp³-hybridized carbons (Fsp3) is 0.118. The Balaban J connectivity index is 2.11. The minimum absolute atomic E-state index is 0.353. The Morgan fingerprint density at radius 2 is 1.90 bits per heavy atom. The van der Waals surface area contributed by atoms with E-state index in [1.165, 1.54) is 6.07 Å². The number of rotatable bonds is 2. The zero-order valence-corrected chi connectivity index (χ0v) is 12.2. The summed E-state index contributed by atoms with van der Waals surface area (Å²) in [6.07, 6.45) is 0. The molecule has 2 N–H and O–H groups in total. The molecule has 0 bridgehead atoms. The lowest BCUT2D eigenvalue weighted by Crippen LogP contribution is -2.15. The molecule has 21 heavy (non-hydrogen) atoms. The van der Waals surface area contributed by atoms with Gasteiger partial charge in [-0.1, -0.05) is 35.9 Å². The number of para-hydroxylation sites is 1. The maximum Gasteiger partial charge on any atom is 0.129 e. The smallest absolute Gasteiger partial charge is 0.129 e. The zero-order chi connectivity index (χ0) is 15.0. The van der Waals surface area contributed by atoms with Crippen molar-refractivity contribution in [2.24, 2.45) is 5.73 Å². The maximum atomic E-state index is 14.0. The van der Waals surface area contributed by atoms with Gasteiger partial charge in [0.25, 0.3) is 0 Å². The van der Waals surface area contributed by atoms with Crippen molar-refractivity contribution in [3.05, 3.63) is 76.2 Å². The van der Waals surface area contributed by atoms with E-state index in [1.807, 2.05) is 37.3 Å². The summed E-state index contributed by atoms with van der Waals surface area (Å²) in [5.41, 5.74) is 9.15. The molecule has 1 unspecified atom stereocenters. The van der Waals surface area contributed by atoms with Gasteiger partial charge in [-0.3, -0.25) is 4.98 Å². The van der Waals surface area contributed by atoms with Crippen molar-refractivity contribution >= 4 is 22.5 Å². The van der Waals surface area contributed by atoms with Crippen molar-refractivity contribution in [3.8, 4) is 0 Å². The van der Waals surface area contributed by atoms with Gasteiger partial charge in [0.1, 0.15) is 5.82 Å². The average molecular weight is 301 g/mol. The number of benzene rings is 2. The predicted octanol–water partition coefficient (Wildman–Crippen LogP) is 4.38. The molecular formula is C17H14ClFN2. The van der Waals surface area contributed by atoms with Crippen LogP contribution in [0, 0.1) is 12.7 Å². The number of nitrogens with two attached hydrogens (primary N) is 1. The van der Waals surface area contributed by atoms with Crippen LogP contribution in [0.4, 0.5) is 4.39 Å². The van der Waals surface area contributed by atoms with Crippen LogP contribution < -0.4 is 5.73 Å². The SMILES string of the molecule is Cc1cc(C(N)c2ccc(Cl)cc2F)nc2ccccc12. The van der Waals surface area contributed by atoms with Gasteiger partial charge >= 0.3 is 0 Å². The van der Waals surface area contributed by atoms with E-state index in [4.69, 9.17) is 17.3 Å². The Bertz CT molecular complexity index is 817. The van der Waals surface area contributed by atoms with Crippen LogP contribution in [-0.4, -0.2) is 4.98 Å². The van der Waals surface area contributed by atoms with Crippen LogP contribution in [0.15, 0.2) is 48.5 Å². The second kappa shape index (κ2) is 5.43. The van der Waals surface area contributed by atoms with Gasteiger partial charge in [0, 0.05) is 16.0 Å². The third-order valence-corrected chi connectivity index (χ3v) is 3.79. The number of nitrogens with zero attached hydrogens (tertiary/aromatic N) is 1. The van der Waals surface area contributed by atoms with E-state index >= 15 is 0 Å². The number of halogens is 2. The molecule has 1 heterocycles. The van der Waals surface area contributed by atoms with Gasteiger partial charge in [0.2, 0.25) is 0 Å². The van der Waals surface area contributed by atoms with Gasteiger partial charge in [-0.15, -0.1) is 0 Å². The first-order valence-electron chi connectivity index (χ1n) is 6.63. The van der Waals surface area contributed by atoms with Crippen LogP contribution in [0.3, 0.4) is 0 Å². The summed E-state index contributed by atoms with van der Waals surface area (Å²) in [4.78, 5) is 4.55. The van der Waals surface area contributed by atoms with Crippen molar-refractivity contribution in [2.45, 2.75) is 13.0 Å². The van der Waals surface area contributed by atoms with E-state index in [1.54, 1.807) is 12.1 Å². The Hall–Kier alpha value is -1.97. The molecule has 0 aliphatic carbocycles. The molecule has 1 aromatic heterocycles. The lowest BCUT2D eigenvalue weighted by Gasteiger charge is -2.15. The summed E-state index contributed by atoms with van der Waals surface area (Å²) in [5, 5.41) is 1.43. The van der Waals surface area contributed by atoms with Crippen molar-refractivity contribution in [3.63, 3.8) is 0 Å². The molecule has 3 rings (SSSR count). The first-order chi connectivity index (χ1) is 10.1. The normalized spacial score (nSPS) is 12.6. The number of aromatic nitrogens is 1. The molecule has 2 nitrogen and oxygen atoms in total. The summed E-state index contributed by atoms with van der Waals surface area (Å²) in [6, 6.07) is 13.6. The molecular weight excluding hydrogens is 287 g/mol. The van der Waals surface area contributed by atoms with Crippen molar-refractivity contribution in [1.29, 1.82) is 0 Å². The van der Waals surface area contributed by atoms with Gasteiger partial charge in [0.05, 0.1) is 17.3 Å². The molecule has 0 amide bonds. The molecule has 0 aliphatic rings. The van der Waals surface area contributed by atoms with E-state index in [2.05, 4.69) is 4.98 Å². The van der Waals surface area contributed by atoms with Gasteiger partial charge in [-0.25, -0.2) is 4.39 Å². The molecule has 0 saturated carbocycles. The van der Waals surface area contributed by atoms with E-state index in [0.717, 1.165) is 16.5 Å². The van der Waals surface area contributed by atoms with Crippen LogP contribution >= 0.6 is 11.6 Å². The zero-order valence-electron chi connectivity index (χ0n) is 11.5. The molecule has 0 spiro atoms. The minimum atomic E-state index is -0.620. The average Bonchev–Trinajstić information content (AvgIpc) is 2.46. The molecule has 0 radical (unpaired) electrons. The number of aryl methyl sites for hydroxylation is 1. The van der Waals surface area contributed by atoms with Crippen LogP contribution in [0.25, 0.3) is 10.9 Å². The highest BCUT2D eigenvalue weighted by atomic mass is 35.5. The highest BCUT2D eigenvalue weighted by Gasteiger charge is 2.16. The second-order valence-corrected chi connectivity index (χ2v) is 5.46. The van der Waals surface area contributed by atoms with Crippen molar-refractivity contribution in [1.82, 2.24) is 4.98 Å². The van der Waals surface area contributed by atoms with Gasteiger partial charge in [0.15, 0.2) is 0 Å². The summed E-state index contributed by atoms with van der Waals surface area (Å²) in [5.74, 6) is -0.414. The lowest BCUT2D eigenvalue weighted by molar-refractivity contribution is 0.597. The van der Waals surface area contributed by atoms with Crippen molar-refractivity contribution in [2.75, 3.05) is 0 Å². The first-order valence-corrected chi connectivity index (χ1v) is 7.01. The molecule has 0 saturated heterocycles. The second-order valence-electron chi connectivity index (χ2n) is 5.02. The number of hydrogen-bond acceptors (Lipinski definition) is 2. The summed E-state index contributed by atoms with van der Waals surface area (Å²) >= 11 is 5.77. The van der Waals surface area contributed by atoms with Crippen LogP contribution in [0.5, 0.6) is 0 Å². The van der Waals surface area contributed by atoms with E-state index in [0.29, 0.717) is 16.3 Å². The predicted molar refractivity (Wildman–Crippen MR) is 83.9 cm³/mol. The van der Waals surface area contributed by atoms with Crippen LogP contribution in [0.2, 0.25) is 5.02 Å². The summed E-state index contributed by atoms with van der Waals surface area (Å²) in [6.45, 7) is 2.00. The monoisotopic (exact) mass is 300 g/mol. The lowest BCUT2D eigenvalue weighted by atomic mass is 10.0. The summed E-state index contributed by atoms with van der Waals surface area (Å²) in [7, 11) is 0. The molecule has 0 fully saturated rings. The number of fused-ring (bicyclic) bond motifs is 1. The quantitative estimate of drug-likeness (QED) is 0.762. The number of pyridine rings is 1. The van der Waals surface area contributed by atoms with Crippen molar-refractivity contribution < 1.29 is 4.39 Å². The Morgan fingerprint density at radius 1 is 1.14 bits per heavy atom. The Labute approximate surface area is 127 Å². The summed E-state index contributed by atoms with van der Waals surface area (Å²) < 4.78 is 14.0. The standard InChI is InChI=1S/C17H14ClFN2/c1-10-8-16(21-15-5-3-2-4-12(10)15)17(20)13-7-6-11(18)9-14(13)19/h2-9,17H,20H2,1H3. The third kappa shape index (κ3) is 2.62. The highest BCUT2D eigenvalue weighted by molar-refractivity contribution is 6.30. The third-order valence-electron chi connectivity index (χ3n) is 3.56. The molecule has 4 heteroatoms. The van der Waals surface area contributed by atoms with Gasteiger partial charge < -0.3 is 5.73 Å². The molecule has 106 valence electrons. The molecule has 3 aromatic rings. The molecule has 0 aliphatic heterocycles.